The van der Waals surface area contributed by atoms with Gasteiger partial charge in [0.1, 0.15) is 0 Å². The van der Waals surface area contributed by atoms with E-state index in [4.69, 9.17) is 0 Å². The Morgan fingerprint density at radius 3 is 2.72 bits per heavy atom. The van der Waals surface area contributed by atoms with Crippen molar-refractivity contribution in [2.24, 2.45) is 0 Å². The Morgan fingerprint density at radius 2 is 2.11 bits per heavy atom. The Bertz CT molecular complexity index is 511. The molecule has 0 aliphatic carbocycles. The van der Waals surface area contributed by atoms with Gasteiger partial charge in [-0.3, -0.25) is 4.72 Å². The normalized spacial score (nSPS) is 11.0. The van der Waals surface area contributed by atoms with Crippen LogP contribution in [-0.2, 0) is 14.8 Å². The predicted molar refractivity (Wildman–Crippen MR) is 70.1 cm³/mol. The number of unbranched alkanes of at least 4 members (excludes halogenated alkanes) is 1. The molecule has 0 heterocycles. The molecule has 1 aromatic rings. The Balaban J connectivity index is 2.82. The van der Waals surface area contributed by atoms with Crippen LogP contribution in [0, 0.1) is 0 Å². The predicted octanol–water partition coefficient (Wildman–Crippen LogP) is 2.02. The molecule has 0 atom stereocenters. The Kier molecular flexibility index (Phi) is 5.15. The minimum atomic E-state index is -3.35. The lowest BCUT2D eigenvalue weighted by atomic mass is 10.2. The van der Waals surface area contributed by atoms with Crippen LogP contribution in [0.15, 0.2) is 24.3 Å². The van der Waals surface area contributed by atoms with E-state index in [0.29, 0.717) is 17.7 Å². The van der Waals surface area contributed by atoms with E-state index in [9.17, 15) is 13.2 Å². The number of methoxy groups -OCH3 is 1. The number of esters is 1. The second-order valence-corrected chi connectivity index (χ2v) is 5.69. The third kappa shape index (κ3) is 4.37. The smallest absolute Gasteiger partial charge is 0.337 e. The standard InChI is InChI=1S/C12H17NO4S/c1-3-4-8-18(15,16)13-11-7-5-6-10(9-11)12(14)17-2/h5-7,9,13H,3-4,8H2,1-2H3. The summed E-state index contributed by atoms with van der Waals surface area (Å²) in [6, 6.07) is 6.21. The number of hydrogen-bond donors (Lipinski definition) is 1. The highest BCUT2D eigenvalue weighted by Gasteiger charge is 2.11. The SMILES string of the molecule is CCCCS(=O)(=O)Nc1cccc(C(=O)OC)c1. The number of hydrogen-bond acceptors (Lipinski definition) is 4. The summed E-state index contributed by atoms with van der Waals surface area (Å²) in [5, 5.41) is 0. The molecule has 1 aromatic carbocycles. The zero-order valence-corrected chi connectivity index (χ0v) is 11.3. The maximum absolute atomic E-state index is 11.7. The van der Waals surface area contributed by atoms with E-state index in [0.717, 1.165) is 6.42 Å². The Hall–Kier alpha value is -1.56. The first-order valence-corrected chi connectivity index (χ1v) is 7.32. The summed E-state index contributed by atoms with van der Waals surface area (Å²) in [6.45, 7) is 1.92. The van der Waals surface area contributed by atoms with Crippen LogP contribution in [0.5, 0.6) is 0 Å². The molecular weight excluding hydrogens is 254 g/mol. The van der Waals surface area contributed by atoms with Crippen molar-refractivity contribution in [2.45, 2.75) is 19.8 Å². The van der Waals surface area contributed by atoms with Crippen LogP contribution >= 0.6 is 0 Å². The average molecular weight is 271 g/mol. The fourth-order valence-electron chi connectivity index (χ4n) is 1.39. The fraction of sp³-hybridized carbons (Fsp3) is 0.417. The summed E-state index contributed by atoms with van der Waals surface area (Å²) in [5.74, 6) is -0.420. The lowest BCUT2D eigenvalue weighted by Gasteiger charge is -2.08. The van der Waals surface area contributed by atoms with E-state index >= 15 is 0 Å². The van der Waals surface area contributed by atoms with Crippen molar-refractivity contribution in [3.8, 4) is 0 Å². The van der Waals surface area contributed by atoms with Crippen LogP contribution in [0.25, 0.3) is 0 Å². The van der Waals surface area contributed by atoms with Gasteiger partial charge in [0.25, 0.3) is 0 Å². The van der Waals surface area contributed by atoms with Crippen molar-refractivity contribution >= 4 is 21.7 Å². The van der Waals surface area contributed by atoms with E-state index in [1.54, 1.807) is 18.2 Å². The van der Waals surface area contributed by atoms with E-state index in [2.05, 4.69) is 9.46 Å². The van der Waals surface area contributed by atoms with Crippen molar-refractivity contribution in [3.05, 3.63) is 29.8 Å². The number of sulfonamides is 1. The van der Waals surface area contributed by atoms with E-state index < -0.39 is 16.0 Å². The molecule has 5 nitrogen and oxygen atoms in total. The number of anilines is 1. The van der Waals surface area contributed by atoms with Crippen LogP contribution in [-0.4, -0.2) is 27.2 Å². The van der Waals surface area contributed by atoms with Crippen LogP contribution in [0.2, 0.25) is 0 Å². The Labute approximate surface area is 107 Å². The molecule has 0 aliphatic rings. The second-order valence-electron chi connectivity index (χ2n) is 3.85. The summed E-state index contributed by atoms with van der Waals surface area (Å²) in [4.78, 5) is 11.3. The topological polar surface area (TPSA) is 72.5 Å². The molecule has 0 amide bonds. The van der Waals surface area contributed by atoms with Gasteiger partial charge in [0.2, 0.25) is 10.0 Å². The molecule has 0 spiro atoms. The second kappa shape index (κ2) is 6.39. The zero-order valence-electron chi connectivity index (χ0n) is 10.5. The number of nitrogens with one attached hydrogen (secondary N) is 1. The van der Waals surface area contributed by atoms with E-state index in [1.165, 1.54) is 13.2 Å². The van der Waals surface area contributed by atoms with Gasteiger partial charge in [0.15, 0.2) is 0 Å². The van der Waals surface area contributed by atoms with Gasteiger partial charge >= 0.3 is 5.97 Å². The average Bonchev–Trinajstić information content (AvgIpc) is 2.35. The van der Waals surface area contributed by atoms with Crippen molar-refractivity contribution < 1.29 is 17.9 Å². The molecule has 0 radical (unpaired) electrons. The molecule has 18 heavy (non-hydrogen) atoms. The molecule has 0 aromatic heterocycles. The molecule has 1 N–H and O–H groups in total. The maximum atomic E-state index is 11.7. The number of carbonyl (C=O) groups excluding carboxylic acids is 1. The van der Waals surface area contributed by atoms with Crippen molar-refractivity contribution in [2.75, 3.05) is 17.6 Å². The summed E-state index contributed by atoms with van der Waals surface area (Å²) >= 11 is 0. The summed E-state index contributed by atoms with van der Waals surface area (Å²) in [5.41, 5.74) is 0.683. The monoisotopic (exact) mass is 271 g/mol. The number of benzene rings is 1. The summed E-state index contributed by atoms with van der Waals surface area (Å²) in [6.07, 6.45) is 1.41. The molecule has 0 fully saturated rings. The fourth-order valence-corrected chi connectivity index (χ4v) is 2.65. The molecule has 0 saturated carbocycles. The minimum absolute atomic E-state index is 0.0753. The van der Waals surface area contributed by atoms with Crippen molar-refractivity contribution in [1.29, 1.82) is 0 Å². The molecule has 1 rings (SSSR count). The van der Waals surface area contributed by atoms with Crippen LogP contribution in [0.3, 0.4) is 0 Å². The molecular formula is C12H17NO4S. The lowest BCUT2D eigenvalue weighted by Crippen LogP contribution is -2.16. The van der Waals surface area contributed by atoms with E-state index in [1.807, 2.05) is 6.92 Å². The number of ether oxygens (including phenoxy) is 1. The van der Waals surface area contributed by atoms with Crippen LogP contribution in [0.4, 0.5) is 5.69 Å². The van der Waals surface area contributed by atoms with Gasteiger partial charge in [-0.05, 0) is 24.6 Å². The first kappa shape index (κ1) is 14.5. The van der Waals surface area contributed by atoms with E-state index in [-0.39, 0.29) is 5.75 Å². The highest BCUT2D eigenvalue weighted by molar-refractivity contribution is 7.92. The molecule has 0 unspecified atom stereocenters. The maximum Gasteiger partial charge on any atom is 0.337 e. The third-order valence-corrected chi connectivity index (χ3v) is 3.70. The third-order valence-electron chi connectivity index (χ3n) is 2.32. The summed E-state index contributed by atoms with van der Waals surface area (Å²) < 4.78 is 30.4. The van der Waals surface area contributed by atoms with Crippen LogP contribution < -0.4 is 4.72 Å². The lowest BCUT2D eigenvalue weighted by molar-refractivity contribution is 0.0601. The van der Waals surface area contributed by atoms with Crippen molar-refractivity contribution in [3.63, 3.8) is 0 Å². The first-order chi connectivity index (χ1) is 8.48. The van der Waals surface area contributed by atoms with Gasteiger partial charge in [-0.2, -0.15) is 0 Å². The largest absolute Gasteiger partial charge is 0.465 e. The summed E-state index contributed by atoms with van der Waals surface area (Å²) in [7, 11) is -2.07. The molecule has 0 bridgehead atoms. The number of carbonyl (C=O) groups is 1. The van der Waals surface area contributed by atoms with Gasteiger partial charge in [-0.1, -0.05) is 19.4 Å². The van der Waals surface area contributed by atoms with Crippen molar-refractivity contribution in [1.82, 2.24) is 0 Å². The molecule has 100 valence electrons. The first-order valence-electron chi connectivity index (χ1n) is 5.67. The minimum Gasteiger partial charge on any atom is -0.465 e. The molecule has 0 aliphatic heterocycles. The molecule has 6 heteroatoms. The van der Waals surface area contributed by atoms with Gasteiger partial charge in [-0.15, -0.1) is 0 Å². The van der Waals surface area contributed by atoms with Gasteiger partial charge in [0.05, 0.1) is 18.4 Å². The van der Waals surface area contributed by atoms with Crippen LogP contribution in [0.1, 0.15) is 30.1 Å². The highest BCUT2D eigenvalue weighted by atomic mass is 32.2. The highest BCUT2D eigenvalue weighted by Crippen LogP contribution is 2.13. The van der Waals surface area contributed by atoms with Gasteiger partial charge in [-0.25, -0.2) is 13.2 Å². The van der Waals surface area contributed by atoms with Gasteiger partial charge < -0.3 is 4.74 Å². The Morgan fingerprint density at radius 1 is 1.39 bits per heavy atom. The molecule has 0 saturated heterocycles. The van der Waals surface area contributed by atoms with Gasteiger partial charge in [0, 0.05) is 5.69 Å². The number of rotatable bonds is 6. The quantitative estimate of drug-likeness (QED) is 0.803. The zero-order chi connectivity index (χ0) is 13.6.